The summed E-state index contributed by atoms with van der Waals surface area (Å²) in [4.78, 5) is 0. The van der Waals surface area contributed by atoms with E-state index in [0.29, 0.717) is 12.5 Å². The molecule has 2 unspecified atom stereocenters. The quantitative estimate of drug-likeness (QED) is 0.500. The lowest BCUT2D eigenvalue weighted by atomic mass is 10.1. The number of aliphatic hydroxyl groups excluding tert-OH is 1. The van der Waals surface area contributed by atoms with E-state index in [1.807, 2.05) is 6.92 Å². The van der Waals surface area contributed by atoms with E-state index in [9.17, 15) is 0 Å². The number of hydrogen-bond acceptors (Lipinski definition) is 5. The maximum atomic E-state index is 8.33. The van der Waals surface area contributed by atoms with E-state index in [1.54, 1.807) is 6.92 Å². The summed E-state index contributed by atoms with van der Waals surface area (Å²) in [6.07, 6.45) is 5.66. The zero-order valence-corrected chi connectivity index (χ0v) is 17.3. The summed E-state index contributed by atoms with van der Waals surface area (Å²) in [6.45, 7) is 12.6. The van der Waals surface area contributed by atoms with Gasteiger partial charge in [-0.05, 0) is 65.8 Å². The Morgan fingerprint density at radius 3 is 2.00 bits per heavy atom. The van der Waals surface area contributed by atoms with Crippen molar-refractivity contribution in [1.82, 2.24) is 0 Å². The Kier molecular flexibility index (Phi) is 10.0. The van der Waals surface area contributed by atoms with Crippen LogP contribution in [0.1, 0.15) is 66.7 Å². The van der Waals surface area contributed by atoms with Crippen molar-refractivity contribution in [3.8, 4) is 0 Å². The first-order valence-electron chi connectivity index (χ1n) is 9.73. The van der Waals surface area contributed by atoms with E-state index in [-0.39, 0.29) is 5.22 Å². The molecule has 1 heterocycles. The standard InChI is InChI=1S/C14H28O3Si.C4H10O2/c1-4-15-14(13-9-10-13)11-7-8-12-18(14,16-5-2)17-6-3;1-3-6-4(2)5/h13H,4-12H2,1-3H3;4-5H,3H2,1-2H3. The first kappa shape index (κ1) is 22.1. The molecule has 144 valence electrons. The van der Waals surface area contributed by atoms with Crippen molar-refractivity contribution >= 4 is 8.56 Å². The van der Waals surface area contributed by atoms with Crippen LogP contribution in [-0.4, -0.2) is 51.6 Å². The number of ether oxygens (including phenoxy) is 2. The molecular weight excluding hydrogens is 324 g/mol. The van der Waals surface area contributed by atoms with Crippen molar-refractivity contribution in [3.05, 3.63) is 0 Å². The zero-order chi connectivity index (χ0) is 18.1. The Morgan fingerprint density at radius 1 is 1.00 bits per heavy atom. The summed E-state index contributed by atoms with van der Waals surface area (Å²) in [5, 5.41) is 8.28. The van der Waals surface area contributed by atoms with Crippen LogP contribution in [0, 0.1) is 5.92 Å². The summed E-state index contributed by atoms with van der Waals surface area (Å²) >= 11 is 0. The molecule has 0 amide bonds. The van der Waals surface area contributed by atoms with Crippen LogP contribution in [0.4, 0.5) is 0 Å². The van der Waals surface area contributed by atoms with Crippen LogP contribution in [0.15, 0.2) is 0 Å². The van der Waals surface area contributed by atoms with Crippen LogP contribution >= 0.6 is 0 Å². The Morgan fingerprint density at radius 2 is 1.62 bits per heavy atom. The fraction of sp³-hybridized carbons (Fsp3) is 1.00. The molecule has 0 aromatic heterocycles. The summed E-state index contributed by atoms with van der Waals surface area (Å²) < 4.78 is 23.5. The van der Waals surface area contributed by atoms with E-state index in [0.717, 1.165) is 32.3 Å². The molecule has 2 rings (SSSR count). The Bertz CT molecular complexity index is 320. The van der Waals surface area contributed by atoms with Crippen LogP contribution < -0.4 is 0 Å². The highest BCUT2D eigenvalue weighted by atomic mass is 28.4. The van der Waals surface area contributed by atoms with Crippen molar-refractivity contribution < 1.29 is 23.4 Å². The van der Waals surface area contributed by atoms with Crippen LogP contribution in [0.5, 0.6) is 0 Å². The van der Waals surface area contributed by atoms with Gasteiger partial charge in [-0.15, -0.1) is 0 Å². The molecule has 0 aromatic carbocycles. The second-order valence-electron chi connectivity index (χ2n) is 6.48. The van der Waals surface area contributed by atoms with Gasteiger partial charge in [0.15, 0.2) is 6.29 Å². The molecule has 0 spiro atoms. The van der Waals surface area contributed by atoms with Gasteiger partial charge in [0.2, 0.25) is 0 Å². The Labute approximate surface area is 149 Å². The van der Waals surface area contributed by atoms with Crippen molar-refractivity contribution in [2.24, 2.45) is 5.92 Å². The molecule has 24 heavy (non-hydrogen) atoms. The third-order valence-electron chi connectivity index (χ3n) is 4.75. The van der Waals surface area contributed by atoms with Gasteiger partial charge in [-0.1, -0.05) is 12.8 Å². The summed E-state index contributed by atoms with van der Waals surface area (Å²) in [5.74, 6) is 0.697. The molecule has 1 saturated carbocycles. The van der Waals surface area contributed by atoms with E-state index in [4.69, 9.17) is 18.7 Å². The minimum absolute atomic E-state index is 0.0496. The average Bonchev–Trinajstić information content (AvgIpc) is 3.36. The maximum absolute atomic E-state index is 8.33. The largest absolute Gasteiger partial charge is 0.393 e. The molecule has 1 aliphatic carbocycles. The molecule has 2 aliphatic rings. The Balaban J connectivity index is 0.000000413. The van der Waals surface area contributed by atoms with Gasteiger partial charge in [0.1, 0.15) is 5.22 Å². The van der Waals surface area contributed by atoms with Gasteiger partial charge in [-0.3, -0.25) is 0 Å². The zero-order valence-electron chi connectivity index (χ0n) is 16.3. The average molecular weight is 363 g/mol. The van der Waals surface area contributed by atoms with E-state index >= 15 is 0 Å². The monoisotopic (exact) mass is 362 g/mol. The molecule has 0 radical (unpaired) electrons. The molecule has 2 atom stereocenters. The lowest BCUT2D eigenvalue weighted by Crippen LogP contribution is -2.67. The topological polar surface area (TPSA) is 57.2 Å². The van der Waals surface area contributed by atoms with Crippen LogP contribution in [-0.2, 0) is 18.3 Å². The van der Waals surface area contributed by atoms with Gasteiger partial charge in [0.25, 0.3) is 0 Å². The predicted molar refractivity (Wildman–Crippen MR) is 98.1 cm³/mol. The molecule has 1 N–H and O–H groups in total. The molecule has 5 nitrogen and oxygen atoms in total. The predicted octanol–water partition coefficient (Wildman–Crippen LogP) is 3.77. The fourth-order valence-corrected chi connectivity index (χ4v) is 8.67. The van der Waals surface area contributed by atoms with Gasteiger partial charge in [0, 0.05) is 26.4 Å². The van der Waals surface area contributed by atoms with Gasteiger partial charge >= 0.3 is 8.56 Å². The van der Waals surface area contributed by atoms with Crippen molar-refractivity contribution in [2.75, 3.05) is 26.4 Å². The van der Waals surface area contributed by atoms with Crippen LogP contribution in [0.3, 0.4) is 0 Å². The molecular formula is C18H38O5Si. The summed E-state index contributed by atoms with van der Waals surface area (Å²) in [6, 6.07) is 1.12. The number of rotatable bonds is 9. The molecule has 0 bridgehead atoms. The molecule has 6 heteroatoms. The minimum atomic E-state index is -2.21. The van der Waals surface area contributed by atoms with Crippen molar-refractivity contribution in [3.63, 3.8) is 0 Å². The number of aliphatic hydroxyl groups is 1. The lowest BCUT2D eigenvalue weighted by molar-refractivity contribution is -0.0800. The first-order chi connectivity index (χ1) is 11.5. The van der Waals surface area contributed by atoms with Gasteiger partial charge in [-0.25, -0.2) is 0 Å². The third kappa shape index (κ3) is 5.51. The van der Waals surface area contributed by atoms with Crippen molar-refractivity contribution in [2.45, 2.75) is 84.3 Å². The maximum Gasteiger partial charge on any atom is 0.371 e. The number of hydrogen-bond donors (Lipinski definition) is 1. The van der Waals surface area contributed by atoms with E-state index in [1.165, 1.54) is 25.7 Å². The highest BCUT2D eigenvalue weighted by Crippen LogP contribution is 2.53. The highest BCUT2D eigenvalue weighted by molar-refractivity contribution is 6.71. The second kappa shape index (κ2) is 10.9. The molecule has 1 aliphatic heterocycles. The van der Waals surface area contributed by atoms with Gasteiger partial charge in [0.05, 0.1) is 0 Å². The lowest BCUT2D eigenvalue weighted by Gasteiger charge is -2.49. The first-order valence-corrected chi connectivity index (χ1v) is 11.8. The second-order valence-corrected chi connectivity index (χ2v) is 9.91. The minimum Gasteiger partial charge on any atom is -0.393 e. The summed E-state index contributed by atoms with van der Waals surface area (Å²) in [7, 11) is -2.21. The fourth-order valence-electron chi connectivity index (χ4n) is 3.91. The van der Waals surface area contributed by atoms with E-state index in [2.05, 4.69) is 25.5 Å². The normalized spacial score (nSPS) is 27.2. The Hall–Kier alpha value is 0.0169. The van der Waals surface area contributed by atoms with Gasteiger partial charge in [-0.2, -0.15) is 0 Å². The van der Waals surface area contributed by atoms with Gasteiger partial charge < -0.3 is 23.4 Å². The van der Waals surface area contributed by atoms with E-state index < -0.39 is 14.9 Å². The van der Waals surface area contributed by atoms with Crippen LogP contribution in [0.25, 0.3) is 0 Å². The smallest absolute Gasteiger partial charge is 0.371 e. The summed E-state index contributed by atoms with van der Waals surface area (Å²) in [5.41, 5.74) is 0. The molecule has 1 saturated heterocycles. The highest BCUT2D eigenvalue weighted by Gasteiger charge is 2.65. The molecule has 2 fully saturated rings. The van der Waals surface area contributed by atoms with Crippen molar-refractivity contribution in [1.29, 1.82) is 0 Å². The molecule has 0 aromatic rings. The SMILES string of the molecule is CCOC(C)O.CCOC1(C2CC2)CCCC[Si]1(OCC)OCC. The van der Waals surface area contributed by atoms with Crippen LogP contribution in [0.2, 0.25) is 6.04 Å². The third-order valence-corrected chi connectivity index (χ3v) is 9.36.